The van der Waals surface area contributed by atoms with Gasteiger partial charge in [0.2, 0.25) is 0 Å². The summed E-state index contributed by atoms with van der Waals surface area (Å²) in [6, 6.07) is 4.03. The molecule has 8 heteroatoms. The van der Waals surface area contributed by atoms with Gasteiger partial charge >= 0.3 is 0 Å². The fraction of sp³-hybridized carbons (Fsp3) is 0.400. The molecule has 0 saturated heterocycles. The zero-order valence-corrected chi connectivity index (χ0v) is 13.6. The number of rotatable bonds is 6. The standard InChI is InChI=1S/C15H18ClFN4O2/c1-3-11(6-7-22)18-15(23)14-9(2)21(20-19-14)13-5-4-10(16)8-12(13)17/h4-5,8,11,22H,3,6-7H2,1-2H3,(H,18,23). The first-order valence-electron chi connectivity index (χ1n) is 7.27. The van der Waals surface area contributed by atoms with E-state index in [-0.39, 0.29) is 29.1 Å². The largest absolute Gasteiger partial charge is 0.396 e. The van der Waals surface area contributed by atoms with Crippen LogP contribution in [0.4, 0.5) is 4.39 Å². The third-order valence-corrected chi connectivity index (χ3v) is 3.79. The Morgan fingerprint density at radius 3 is 2.87 bits per heavy atom. The van der Waals surface area contributed by atoms with Crippen LogP contribution >= 0.6 is 11.6 Å². The lowest BCUT2D eigenvalue weighted by Gasteiger charge is -2.14. The number of hydrogen-bond donors (Lipinski definition) is 2. The molecule has 2 rings (SSSR count). The van der Waals surface area contributed by atoms with Gasteiger partial charge in [-0.1, -0.05) is 23.7 Å². The predicted molar refractivity (Wildman–Crippen MR) is 84.3 cm³/mol. The molecule has 1 aromatic heterocycles. The molecule has 6 nitrogen and oxygen atoms in total. The molecule has 1 unspecified atom stereocenters. The van der Waals surface area contributed by atoms with Crippen LogP contribution < -0.4 is 5.32 Å². The second kappa shape index (κ2) is 7.52. The SMILES string of the molecule is CCC(CCO)NC(=O)c1nnn(-c2ccc(Cl)cc2F)c1C. The van der Waals surface area contributed by atoms with E-state index >= 15 is 0 Å². The Kier molecular flexibility index (Phi) is 5.68. The quantitative estimate of drug-likeness (QED) is 0.845. The lowest BCUT2D eigenvalue weighted by molar-refractivity contribution is 0.0923. The molecule has 0 spiro atoms. The van der Waals surface area contributed by atoms with Crippen molar-refractivity contribution in [2.75, 3.05) is 6.61 Å². The van der Waals surface area contributed by atoms with Crippen molar-refractivity contribution in [1.82, 2.24) is 20.3 Å². The maximum Gasteiger partial charge on any atom is 0.273 e. The summed E-state index contributed by atoms with van der Waals surface area (Å²) in [5.74, 6) is -0.951. The van der Waals surface area contributed by atoms with Gasteiger partial charge in [0, 0.05) is 17.7 Å². The van der Waals surface area contributed by atoms with E-state index in [1.165, 1.54) is 22.9 Å². The maximum atomic E-state index is 14.0. The number of halogens is 2. The minimum absolute atomic E-state index is 0.0134. The Balaban J connectivity index is 2.26. The molecule has 124 valence electrons. The number of aliphatic hydroxyl groups is 1. The Bertz CT molecular complexity index is 705. The Hall–Kier alpha value is -1.99. The van der Waals surface area contributed by atoms with Gasteiger partial charge in [-0.3, -0.25) is 4.79 Å². The highest BCUT2D eigenvalue weighted by Gasteiger charge is 2.20. The van der Waals surface area contributed by atoms with Crippen molar-refractivity contribution in [2.24, 2.45) is 0 Å². The van der Waals surface area contributed by atoms with Gasteiger partial charge in [-0.15, -0.1) is 5.10 Å². The number of carbonyl (C=O) groups excluding carboxylic acids is 1. The average Bonchev–Trinajstić information content (AvgIpc) is 2.88. The van der Waals surface area contributed by atoms with Gasteiger partial charge < -0.3 is 10.4 Å². The van der Waals surface area contributed by atoms with Crippen LogP contribution in [0, 0.1) is 12.7 Å². The predicted octanol–water partition coefficient (Wildman–Crippen LogP) is 2.26. The number of amides is 1. The molecule has 2 N–H and O–H groups in total. The Morgan fingerprint density at radius 1 is 1.52 bits per heavy atom. The zero-order chi connectivity index (χ0) is 17.0. The number of nitrogens with one attached hydrogen (secondary N) is 1. The van der Waals surface area contributed by atoms with Gasteiger partial charge in [0.25, 0.3) is 5.91 Å². The van der Waals surface area contributed by atoms with Crippen LogP contribution in [-0.4, -0.2) is 38.7 Å². The first-order chi connectivity index (χ1) is 11.0. The lowest BCUT2D eigenvalue weighted by atomic mass is 10.1. The summed E-state index contributed by atoms with van der Waals surface area (Å²) in [4.78, 5) is 12.3. The van der Waals surface area contributed by atoms with Gasteiger partial charge in [0.15, 0.2) is 5.69 Å². The van der Waals surface area contributed by atoms with Crippen LogP contribution in [0.15, 0.2) is 18.2 Å². The van der Waals surface area contributed by atoms with Crippen LogP contribution in [0.2, 0.25) is 5.02 Å². The topological polar surface area (TPSA) is 80.0 Å². The van der Waals surface area contributed by atoms with Crippen molar-refractivity contribution in [1.29, 1.82) is 0 Å². The molecule has 23 heavy (non-hydrogen) atoms. The number of aromatic nitrogens is 3. The van der Waals surface area contributed by atoms with E-state index in [9.17, 15) is 9.18 Å². The van der Waals surface area contributed by atoms with Crippen molar-refractivity contribution in [3.8, 4) is 5.69 Å². The summed E-state index contributed by atoms with van der Waals surface area (Å²) in [7, 11) is 0. The summed E-state index contributed by atoms with van der Waals surface area (Å²) in [6.07, 6.45) is 1.15. The molecule has 1 atom stereocenters. The highest BCUT2D eigenvalue weighted by atomic mass is 35.5. The van der Waals surface area contributed by atoms with Crippen LogP contribution in [-0.2, 0) is 0 Å². The molecule has 1 amide bonds. The molecule has 1 aromatic carbocycles. The first kappa shape index (κ1) is 17.4. The molecule has 1 heterocycles. The fourth-order valence-electron chi connectivity index (χ4n) is 2.21. The first-order valence-corrected chi connectivity index (χ1v) is 7.65. The number of hydrogen-bond acceptors (Lipinski definition) is 4. The van der Waals surface area contributed by atoms with Crippen LogP contribution in [0.3, 0.4) is 0 Å². The van der Waals surface area contributed by atoms with Crippen molar-refractivity contribution < 1.29 is 14.3 Å². The van der Waals surface area contributed by atoms with Gasteiger partial charge in [0.1, 0.15) is 11.5 Å². The highest BCUT2D eigenvalue weighted by molar-refractivity contribution is 6.30. The second-order valence-corrected chi connectivity index (χ2v) is 5.56. The molecule has 0 bridgehead atoms. The Morgan fingerprint density at radius 2 is 2.26 bits per heavy atom. The summed E-state index contributed by atoms with van der Waals surface area (Å²) in [6.45, 7) is 3.53. The summed E-state index contributed by atoms with van der Waals surface area (Å²) < 4.78 is 15.2. The minimum Gasteiger partial charge on any atom is -0.396 e. The monoisotopic (exact) mass is 340 g/mol. The van der Waals surface area contributed by atoms with Crippen molar-refractivity contribution >= 4 is 17.5 Å². The smallest absolute Gasteiger partial charge is 0.273 e. The molecular weight excluding hydrogens is 323 g/mol. The van der Waals surface area contributed by atoms with Crippen LogP contribution in [0.1, 0.15) is 35.9 Å². The number of carbonyl (C=O) groups is 1. The number of benzene rings is 1. The number of nitrogens with zero attached hydrogens (tertiary/aromatic N) is 3. The van der Waals surface area contributed by atoms with E-state index in [0.717, 1.165) is 0 Å². The minimum atomic E-state index is -0.552. The fourth-order valence-corrected chi connectivity index (χ4v) is 2.37. The molecule has 0 aliphatic heterocycles. The van der Waals surface area contributed by atoms with Crippen molar-refractivity contribution in [2.45, 2.75) is 32.7 Å². The summed E-state index contributed by atoms with van der Waals surface area (Å²) in [5, 5.41) is 19.7. The molecule has 2 aromatic rings. The molecule has 0 saturated carbocycles. The summed E-state index contributed by atoms with van der Waals surface area (Å²) in [5.41, 5.74) is 0.708. The highest BCUT2D eigenvalue weighted by Crippen LogP contribution is 2.19. The molecule has 0 fully saturated rings. The van der Waals surface area contributed by atoms with Crippen LogP contribution in [0.25, 0.3) is 5.69 Å². The van der Waals surface area contributed by atoms with Gasteiger partial charge in [0.05, 0.1) is 5.69 Å². The van der Waals surface area contributed by atoms with E-state index in [1.54, 1.807) is 6.92 Å². The zero-order valence-electron chi connectivity index (χ0n) is 12.9. The normalized spacial score (nSPS) is 12.2. The number of aliphatic hydroxyl groups excluding tert-OH is 1. The molecule has 0 aliphatic rings. The molecule has 0 radical (unpaired) electrons. The van der Waals surface area contributed by atoms with E-state index in [1.807, 2.05) is 6.92 Å². The van der Waals surface area contributed by atoms with Crippen molar-refractivity contribution in [3.63, 3.8) is 0 Å². The molecular formula is C15H18ClFN4O2. The van der Waals surface area contributed by atoms with E-state index in [0.29, 0.717) is 18.5 Å². The molecule has 0 aliphatic carbocycles. The summed E-state index contributed by atoms with van der Waals surface area (Å²) >= 11 is 5.73. The van der Waals surface area contributed by atoms with Gasteiger partial charge in [-0.25, -0.2) is 9.07 Å². The van der Waals surface area contributed by atoms with E-state index in [2.05, 4.69) is 15.6 Å². The van der Waals surface area contributed by atoms with Crippen molar-refractivity contribution in [3.05, 3.63) is 40.4 Å². The third-order valence-electron chi connectivity index (χ3n) is 3.55. The third kappa shape index (κ3) is 3.86. The van der Waals surface area contributed by atoms with Gasteiger partial charge in [-0.2, -0.15) is 0 Å². The van der Waals surface area contributed by atoms with Crippen LogP contribution in [0.5, 0.6) is 0 Å². The second-order valence-electron chi connectivity index (χ2n) is 5.12. The van der Waals surface area contributed by atoms with E-state index < -0.39 is 11.7 Å². The average molecular weight is 341 g/mol. The Labute approximate surface area is 138 Å². The lowest BCUT2D eigenvalue weighted by Crippen LogP contribution is -2.35. The van der Waals surface area contributed by atoms with Gasteiger partial charge in [-0.05, 0) is 38.0 Å². The van der Waals surface area contributed by atoms with E-state index in [4.69, 9.17) is 16.7 Å². The maximum absolute atomic E-state index is 14.0.